The van der Waals surface area contributed by atoms with Crippen molar-refractivity contribution in [2.45, 2.75) is 32.3 Å². The lowest BCUT2D eigenvalue weighted by molar-refractivity contribution is 0.251. The Hall–Kier alpha value is -0.730. The predicted octanol–water partition coefficient (Wildman–Crippen LogP) is 2.73. The minimum atomic E-state index is 0.252. The summed E-state index contributed by atoms with van der Waals surface area (Å²) in [5, 5.41) is 0.779. The average Bonchev–Trinajstić information content (AvgIpc) is 2.55. The molecule has 0 spiro atoms. The first kappa shape index (κ1) is 10.8. The number of fused-ring (bicyclic) bond motifs is 1. The summed E-state index contributed by atoms with van der Waals surface area (Å²) >= 11 is 6.08. The van der Waals surface area contributed by atoms with Gasteiger partial charge < -0.3 is 10.5 Å². The van der Waals surface area contributed by atoms with E-state index >= 15 is 0 Å². The van der Waals surface area contributed by atoms with Crippen molar-refractivity contribution in [2.24, 2.45) is 5.73 Å². The Labute approximate surface area is 95.4 Å². The van der Waals surface area contributed by atoms with E-state index in [0.717, 1.165) is 22.8 Å². The molecule has 0 bridgehead atoms. The van der Waals surface area contributed by atoms with E-state index in [1.807, 2.05) is 12.1 Å². The fourth-order valence-corrected chi connectivity index (χ4v) is 2.26. The summed E-state index contributed by atoms with van der Waals surface area (Å²) in [5.74, 6) is 1.30. The van der Waals surface area contributed by atoms with E-state index in [-0.39, 0.29) is 6.10 Å². The number of hydrogen-bond acceptors (Lipinski definition) is 2. The van der Waals surface area contributed by atoms with Crippen molar-refractivity contribution in [2.75, 3.05) is 6.54 Å². The third-order valence-electron chi connectivity index (χ3n) is 2.87. The van der Waals surface area contributed by atoms with Gasteiger partial charge in [0, 0.05) is 11.4 Å². The Kier molecular flexibility index (Phi) is 2.89. The highest BCUT2D eigenvalue weighted by Gasteiger charge is 2.24. The van der Waals surface area contributed by atoms with E-state index in [0.29, 0.717) is 12.5 Å². The van der Waals surface area contributed by atoms with E-state index in [4.69, 9.17) is 22.1 Å². The zero-order valence-corrected chi connectivity index (χ0v) is 9.84. The molecular formula is C12H16ClNO. The average molecular weight is 226 g/mol. The van der Waals surface area contributed by atoms with Crippen molar-refractivity contribution in [3.8, 4) is 5.75 Å². The largest absolute Gasteiger partial charge is 0.490 e. The Balaban J connectivity index is 2.47. The molecule has 1 aliphatic heterocycles. The van der Waals surface area contributed by atoms with Crippen LogP contribution in [0.4, 0.5) is 0 Å². The molecule has 1 aromatic carbocycles. The number of halogens is 1. The van der Waals surface area contributed by atoms with Gasteiger partial charge in [0.15, 0.2) is 0 Å². The van der Waals surface area contributed by atoms with Crippen LogP contribution in [0.3, 0.4) is 0 Å². The van der Waals surface area contributed by atoms with Crippen molar-refractivity contribution < 1.29 is 4.74 Å². The molecule has 0 fully saturated rings. The van der Waals surface area contributed by atoms with E-state index in [9.17, 15) is 0 Å². The zero-order chi connectivity index (χ0) is 11.0. The van der Waals surface area contributed by atoms with Crippen molar-refractivity contribution in [3.63, 3.8) is 0 Å². The molecule has 2 rings (SSSR count). The lowest BCUT2D eigenvalue weighted by Gasteiger charge is -2.14. The first-order chi connectivity index (χ1) is 7.11. The third kappa shape index (κ3) is 1.97. The molecule has 2 N–H and O–H groups in total. The molecule has 0 amide bonds. The second-order valence-corrected chi connectivity index (χ2v) is 4.69. The number of nitrogens with two attached hydrogens (primary N) is 1. The lowest BCUT2D eigenvalue weighted by atomic mass is 9.97. The Morgan fingerprint density at radius 2 is 2.33 bits per heavy atom. The maximum atomic E-state index is 6.08. The van der Waals surface area contributed by atoms with Crippen LogP contribution in [0.15, 0.2) is 12.1 Å². The standard InChI is InChI=1S/C12H16ClNO/c1-7(6-14)11-5-10(13)4-9-3-8(2)15-12(9)11/h4-5,7-8H,3,6,14H2,1-2H3. The summed E-state index contributed by atoms with van der Waals surface area (Å²) in [5.41, 5.74) is 8.04. The fourth-order valence-electron chi connectivity index (χ4n) is 2.01. The van der Waals surface area contributed by atoms with Crippen LogP contribution in [-0.2, 0) is 6.42 Å². The molecule has 2 unspecified atom stereocenters. The quantitative estimate of drug-likeness (QED) is 0.840. The second-order valence-electron chi connectivity index (χ2n) is 4.25. The molecule has 82 valence electrons. The smallest absolute Gasteiger partial charge is 0.126 e. The summed E-state index contributed by atoms with van der Waals surface area (Å²) in [6.45, 7) is 4.79. The van der Waals surface area contributed by atoms with Crippen LogP contribution in [-0.4, -0.2) is 12.6 Å². The van der Waals surface area contributed by atoms with Crippen molar-refractivity contribution in [1.82, 2.24) is 0 Å². The van der Waals surface area contributed by atoms with Crippen LogP contribution < -0.4 is 10.5 Å². The molecule has 0 saturated heterocycles. The summed E-state index contributed by atoms with van der Waals surface area (Å²) in [6.07, 6.45) is 1.20. The second kappa shape index (κ2) is 4.03. The van der Waals surface area contributed by atoms with E-state index < -0.39 is 0 Å². The highest BCUT2D eigenvalue weighted by Crippen LogP contribution is 2.38. The molecule has 1 aliphatic rings. The molecule has 0 aromatic heterocycles. The van der Waals surface area contributed by atoms with Crippen molar-refractivity contribution >= 4 is 11.6 Å². The van der Waals surface area contributed by atoms with Crippen LogP contribution in [0, 0.1) is 0 Å². The SMILES string of the molecule is CC1Cc2cc(Cl)cc(C(C)CN)c2O1. The Morgan fingerprint density at radius 3 is 3.00 bits per heavy atom. The predicted molar refractivity (Wildman–Crippen MR) is 62.7 cm³/mol. The van der Waals surface area contributed by atoms with Gasteiger partial charge in [-0.3, -0.25) is 0 Å². The molecule has 2 atom stereocenters. The summed E-state index contributed by atoms with van der Waals surface area (Å²) < 4.78 is 5.80. The Morgan fingerprint density at radius 1 is 1.60 bits per heavy atom. The van der Waals surface area contributed by atoms with Crippen molar-refractivity contribution in [1.29, 1.82) is 0 Å². The molecule has 0 saturated carbocycles. The molecule has 0 aliphatic carbocycles. The van der Waals surface area contributed by atoms with Gasteiger partial charge in [-0.15, -0.1) is 0 Å². The van der Waals surface area contributed by atoms with Crippen LogP contribution in [0.5, 0.6) is 5.75 Å². The molecule has 3 heteroatoms. The minimum Gasteiger partial charge on any atom is -0.490 e. The van der Waals surface area contributed by atoms with Gasteiger partial charge in [0.25, 0.3) is 0 Å². The summed E-state index contributed by atoms with van der Waals surface area (Å²) in [7, 11) is 0. The van der Waals surface area contributed by atoms with Crippen LogP contribution >= 0.6 is 11.6 Å². The monoisotopic (exact) mass is 225 g/mol. The molecule has 15 heavy (non-hydrogen) atoms. The van der Waals surface area contributed by atoms with Gasteiger partial charge in [0.1, 0.15) is 11.9 Å². The molecule has 2 nitrogen and oxygen atoms in total. The molecule has 1 heterocycles. The van der Waals surface area contributed by atoms with Crippen LogP contribution in [0.1, 0.15) is 30.9 Å². The lowest BCUT2D eigenvalue weighted by Crippen LogP contribution is -2.11. The number of hydrogen-bond donors (Lipinski definition) is 1. The van der Waals surface area contributed by atoms with Gasteiger partial charge in [0.05, 0.1) is 0 Å². The van der Waals surface area contributed by atoms with E-state index in [1.165, 1.54) is 5.56 Å². The van der Waals surface area contributed by atoms with E-state index in [1.54, 1.807) is 0 Å². The number of ether oxygens (including phenoxy) is 1. The van der Waals surface area contributed by atoms with Crippen molar-refractivity contribution in [3.05, 3.63) is 28.3 Å². The highest BCUT2D eigenvalue weighted by atomic mass is 35.5. The minimum absolute atomic E-state index is 0.252. The Bertz CT molecular complexity index is 378. The maximum absolute atomic E-state index is 6.08. The van der Waals surface area contributed by atoms with Gasteiger partial charge in [-0.1, -0.05) is 18.5 Å². The topological polar surface area (TPSA) is 35.2 Å². The number of rotatable bonds is 2. The first-order valence-corrected chi connectivity index (χ1v) is 5.68. The molecular weight excluding hydrogens is 210 g/mol. The van der Waals surface area contributed by atoms with Crippen LogP contribution in [0.2, 0.25) is 5.02 Å². The zero-order valence-electron chi connectivity index (χ0n) is 9.09. The maximum Gasteiger partial charge on any atom is 0.126 e. The van der Waals surface area contributed by atoms with Gasteiger partial charge in [0.2, 0.25) is 0 Å². The van der Waals surface area contributed by atoms with E-state index in [2.05, 4.69) is 13.8 Å². The molecule has 1 aromatic rings. The molecule has 0 radical (unpaired) electrons. The van der Waals surface area contributed by atoms with Gasteiger partial charge in [-0.25, -0.2) is 0 Å². The third-order valence-corrected chi connectivity index (χ3v) is 3.09. The normalized spacial score (nSPS) is 20.9. The van der Waals surface area contributed by atoms with Gasteiger partial charge in [-0.2, -0.15) is 0 Å². The summed E-state index contributed by atoms with van der Waals surface area (Å²) in [6, 6.07) is 3.96. The fraction of sp³-hybridized carbons (Fsp3) is 0.500. The van der Waals surface area contributed by atoms with Gasteiger partial charge in [-0.05, 0) is 42.6 Å². The summed E-state index contributed by atoms with van der Waals surface area (Å²) in [4.78, 5) is 0. The highest BCUT2D eigenvalue weighted by molar-refractivity contribution is 6.30. The first-order valence-electron chi connectivity index (χ1n) is 5.31. The number of benzene rings is 1. The van der Waals surface area contributed by atoms with Gasteiger partial charge >= 0.3 is 0 Å². The van der Waals surface area contributed by atoms with Crippen LogP contribution in [0.25, 0.3) is 0 Å².